The van der Waals surface area contributed by atoms with Crippen molar-refractivity contribution in [2.45, 2.75) is 26.7 Å². The smallest absolute Gasteiger partial charge is 0.138 e. The van der Waals surface area contributed by atoms with E-state index < -0.39 is 0 Å². The van der Waals surface area contributed by atoms with Gasteiger partial charge < -0.3 is 5.32 Å². The second kappa shape index (κ2) is 6.66. The number of Topliss-reactive ketones (excluding diaryl/α,β-unsaturated/α-hetero) is 1. The van der Waals surface area contributed by atoms with E-state index >= 15 is 0 Å². The Hall–Kier alpha value is -0.860. The molecule has 0 saturated carbocycles. The van der Waals surface area contributed by atoms with Crippen molar-refractivity contribution in [1.29, 1.82) is 0 Å². The third-order valence-corrected chi connectivity index (χ3v) is 2.78. The Labute approximate surface area is 102 Å². The minimum atomic E-state index is 0.228. The maximum Gasteiger partial charge on any atom is 0.138 e. The van der Waals surface area contributed by atoms with Crippen LogP contribution in [0.25, 0.3) is 0 Å². The monoisotopic (exact) mass is 239 g/mol. The summed E-state index contributed by atoms with van der Waals surface area (Å²) in [7, 11) is 0. The fraction of sp³-hybridized carbons (Fsp3) is 0.462. The van der Waals surface area contributed by atoms with Crippen molar-refractivity contribution in [1.82, 2.24) is 5.32 Å². The molecule has 0 aliphatic rings. The molecule has 0 heterocycles. The average molecular weight is 240 g/mol. The summed E-state index contributed by atoms with van der Waals surface area (Å²) in [4.78, 5) is 11.6. The second-order valence-electron chi connectivity index (χ2n) is 3.91. The minimum Gasteiger partial charge on any atom is -0.317 e. The van der Waals surface area contributed by atoms with Crippen LogP contribution in [0, 0.1) is 6.92 Å². The summed E-state index contributed by atoms with van der Waals surface area (Å²) in [6, 6.07) is 5.82. The average Bonchev–Trinajstić information content (AvgIpc) is 2.23. The number of carbonyl (C=O) groups is 1. The van der Waals surface area contributed by atoms with Gasteiger partial charge in [-0.1, -0.05) is 30.7 Å². The molecule has 0 radical (unpaired) electrons. The topological polar surface area (TPSA) is 29.1 Å². The lowest BCUT2D eigenvalue weighted by Gasteiger charge is -2.05. The molecule has 0 saturated heterocycles. The van der Waals surface area contributed by atoms with E-state index in [1.165, 1.54) is 0 Å². The van der Waals surface area contributed by atoms with Crippen LogP contribution in [-0.2, 0) is 11.2 Å². The van der Waals surface area contributed by atoms with Gasteiger partial charge in [-0.25, -0.2) is 0 Å². The van der Waals surface area contributed by atoms with Crippen molar-refractivity contribution >= 4 is 17.4 Å². The normalized spacial score (nSPS) is 10.4. The molecule has 0 spiro atoms. The summed E-state index contributed by atoms with van der Waals surface area (Å²) >= 11 is 6.07. The number of hydrogen-bond donors (Lipinski definition) is 1. The molecule has 1 aromatic rings. The molecule has 0 fully saturated rings. The van der Waals surface area contributed by atoms with E-state index in [0.717, 1.165) is 24.2 Å². The van der Waals surface area contributed by atoms with E-state index in [4.69, 9.17) is 11.6 Å². The molecular weight excluding hydrogens is 222 g/mol. The van der Waals surface area contributed by atoms with E-state index in [-0.39, 0.29) is 5.78 Å². The Balaban J connectivity index is 2.49. The fourth-order valence-corrected chi connectivity index (χ4v) is 1.80. The maximum atomic E-state index is 11.6. The van der Waals surface area contributed by atoms with Crippen LogP contribution >= 0.6 is 11.6 Å². The van der Waals surface area contributed by atoms with Gasteiger partial charge >= 0.3 is 0 Å². The van der Waals surface area contributed by atoms with E-state index in [0.29, 0.717) is 17.9 Å². The largest absolute Gasteiger partial charge is 0.317 e. The van der Waals surface area contributed by atoms with Gasteiger partial charge in [-0.3, -0.25) is 4.79 Å². The van der Waals surface area contributed by atoms with Crippen molar-refractivity contribution in [3.63, 3.8) is 0 Å². The Bertz CT molecular complexity index is 363. The molecule has 0 aromatic heterocycles. The molecule has 1 N–H and O–H groups in total. The van der Waals surface area contributed by atoms with Gasteiger partial charge in [0.1, 0.15) is 5.78 Å². The molecule has 0 aliphatic carbocycles. The number of hydrogen-bond acceptors (Lipinski definition) is 2. The first kappa shape index (κ1) is 13.2. The van der Waals surface area contributed by atoms with E-state index in [9.17, 15) is 4.79 Å². The Morgan fingerprint density at radius 2 is 2.19 bits per heavy atom. The number of nitrogens with one attached hydrogen (secondary N) is 1. The first-order valence-electron chi connectivity index (χ1n) is 5.61. The molecule has 0 unspecified atom stereocenters. The highest BCUT2D eigenvalue weighted by atomic mass is 35.5. The Morgan fingerprint density at radius 3 is 2.81 bits per heavy atom. The van der Waals surface area contributed by atoms with Gasteiger partial charge in [-0.05, 0) is 30.7 Å². The van der Waals surface area contributed by atoms with Crippen LogP contribution in [0.4, 0.5) is 0 Å². The van der Waals surface area contributed by atoms with Gasteiger partial charge in [-0.2, -0.15) is 0 Å². The van der Waals surface area contributed by atoms with Crippen LogP contribution in [0.1, 0.15) is 24.5 Å². The van der Waals surface area contributed by atoms with Gasteiger partial charge in [0.25, 0.3) is 0 Å². The number of aryl methyl sites for hydroxylation is 1. The molecule has 2 nitrogen and oxygen atoms in total. The third-order valence-electron chi connectivity index (χ3n) is 2.43. The third kappa shape index (κ3) is 4.33. The number of halogens is 1. The molecule has 88 valence electrons. The van der Waals surface area contributed by atoms with E-state index in [2.05, 4.69) is 5.32 Å². The van der Waals surface area contributed by atoms with Crippen LogP contribution < -0.4 is 5.32 Å². The summed E-state index contributed by atoms with van der Waals surface area (Å²) in [6.45, 7) is 5.67. The predicted octanol–water partition coefficient (Wildman–Crippen LogP) is 2.76. The standard InChI is InChI=1S/C13H18ClNO/c1-3-15-7-6-12(16)9-11-5-4-10(2)8-13(11)14/h4-5,8,15H,3,6-7,9H2,1-2H3. The molecule has 0 bridgehead atoms. The highest BCUT2D eigenvalue weighted by Gasteiger charge is 2.06. The highest BCUT2D eigenvalue weighted by Crippen LogP contribution is 2.18. The zero-order valence-electron chi connectivity index (χ0n) is 9.85. The first-order valence-corrected chi connectivity index (χ1v) is 5.98. The highest BCUT2D eigenvalue weighted by molar-refractivity contribution is 6.31. The number of carbonyl (C=O) groups excluding carboxylic acids is 1. The first-order chi connectivity index (χ1) is 7.63. The van der Waals surface area contributed by atoms with Crippen LogP contribution in [-0.4, -0.2) is 18.9 Å². The van der Waals surface area contributed by atoms with Crippen LogP contribution in [0.15, 0.2) is 18.2 Å². The zero-order valence-corrected chi connectivity index (χ0v) is 10.6. The zero-order chi connectivity index (χ0) is 12.0. The Morgan fingerprint density at radius 1 is 1.44 bits per heavy atom. The molecule has 16 heavy (non-hydrogen) atoms. The summed E-state index contributed by atoms with van der Waals surface area (Å²) in [6.07, 6.45) is 1.00. The maximum absolute atomic E-state index is 11.6. The van der Waals surface area contributed by atoms with Gasteiger partial charge in [0, 0.05) is 24.4 Å². The van der Waals surface area contributed by atoms with Crippen LogP contribution in [0.2, 0.25) is 5.02 Å². The predicted molar refractivity (Wildman–Crippen MR) is 68.1 cm³/mol. The SMILES string of the molecule is CCNCCC(=O)Cc1ccc(C)cc1Cl. The summed E-state index contributed by atoms with van der Waals surface area (Å²) in [5.74, 6) is 0.228. The number of ketones is 1. The number of rotatable bonds is 6. The molecular formula is C13H18ClNO. The van der Waals surface area contributed by atoms with E-state index in [1.54, 1.807) is 0 Å². The molecule has 0 atom stereocenters. The Kier molecular flexibility index (Phi) is 5.50. The lowest BCUT2D eigenvalue weighted by atomic mass is 10.1. The quantitative estimate of drug-likeness (QED) is 0.774. The molecule has 3 heteroatoms. The lowest BCUT2D eigenvalue weighted by molar-refractivity contribution is -0.118. The summed E-state index contributed by atoms with van der Waals surface area (Å²) in [5.41, 5.74) is 2.04. The fourth-order valence-electron chi connectivity index (χ4n) is 1.50. The van der Waals surface area contributed by atoms with Crippen LogP contribution in [0.5, 0.6) is 0 Å². The minimum absolute atomic E-state index is 0.228. The van der Waals surface area contributed by atoms with Crippen molar-refractivity contribution in [3.05, 3.63) is 34.3 Å². The van der Waals surface area contributed by atoms with Gasteiger partial charge in [0.2, 0.25) is 0 Å². The molecule has 0 amide bonds. The molecule has 1 rings (SSSR count). The van der Waals surface area contributed by atoms with E-state index in [1.807, 2.05) is 32.0 Å². The van der Waals surface area contributed by atoms with Crippen molar-refractivity contribution in [2.75, 3.05) is 13.1 Å². The van der Waals surface area contributed by atoms with Crippen molar-refractivity contribution in [2.24, 2.45) is 0 Å². The van der Waals surface area contributed by atoms with Crippen molar-refractivity contribution in [3.8, 4) is 0 Å². The van der Waals surface area contributed by atoms with Crippen molar-refractivity contribution < 1.29 is 4.79 Å². The van der Waals surface area contributed by atoms with Crippen LogP contribution in [0.3, 0.4) is 0 Å². The van der Waals surface area contributed by atoms with Gasteiger partial charge in [0.05, 0.1) is 0 Å². The van der Waals surface area contributed by atoms with Gasteiger partial charge in [-0.15, -0.1) is 0 Å². The number of benzene rings is 1. The molecule has 1 aromatic carbocycles. The lowest BCUT2D eigenvalue weighted by Crippen LogP contribution is -2.18. The second-order valence-corrected chi connectivity index (χ2v) is 4.32. The summed E-state index contributed by atoms with van der Waals surface area (Å²) in [5, 5.41) is 3.83. The molecule has 0 aliphatic heterocycles. The summed E-state index contributed by atoms with van der Waals surface area (Å²) < 4.78 is 0. The van der Waals surface area contributed by atoms with Gasteiger partial charge in [0.15, 0.2) is 0 Å².